The molecule has 0 aliphatic carbocycles. The third-order valence-corrected chi connectivity index (χ3v) is 2.04. The topological polar surface area (TPSA) is 30.0 Å². The molecular weight excluding hydrogens is 209 g/mol. The molecule has 2 nitrogen and oxygen atoms in total. The summed E-state index contributed by atoms with van der Waals surface area (Å²) in [5.41, 5.74) is 0.313. The molecule has 0 saturated carbocycles. The number of carbonyl (C=O) groups is 1. The summed E-state index contributed by atoms with van der Waals surface area (Å²) in [7, 11) is 0. The van der Waals surface area contributed by atoms with Crippen LogP contribution >= 0.6 is 23.2 Å². The molecule has 0 spiro atoms. The van der Waals surface area contributed by atoms with Gasteiger partial charge in [-0.25, -0.2) is 0 Å². The summed E-state index contributed by atoms with van der Waals surface area (Å²) in [6.07, 6.45) is 2.68. The minimum atomic E-state index is -0.0378. The second kappa shape index (κ2) is 4.58. The Morgan fingerprint density at radius 3 is 2.77 bits per heavy atom. The Hall–Kier alpha value is -0.600. The quantitative estimate of drug-likeness (QED) is 0.728. The highest BCUT2D eigenvalue weighted by Crippen LogP contribution is 2.19. The average molecular weight is 218 g/mol. The Balaban J connectivity index is 2.95. The molecule has 0 unspecified atom stereocenters. The van der Waals surface area contributed by atoms with Crippen LogP contribution in [-0.2, 0) is 0 Å². The van der Waals surface area contributed by atoms with Crippen LogP contribution in [0.5, 0.6) is 0 Å². The van der Waals surface area contributed by atoms with Gasteiger partial charge in [-0.2, -0.15) is 0 Å². The van der Waals surface area contributed by atoms with Crippen LogP contribution in [0.1, 0.15) is 30.3 Å². The molecule has 0 saturated heterocycles. The number of hydrogen-bond acceptors (Lipinski definition) is 2. The van der Waals surface area contributed by atoms with Crippen molar-refractivity contribution in [2.45, 2.75) is 19.8 Å². The molecule has 0 atom stereocenters. The van der Waals surface area contributed by atoms with Crippen LogP contribution in [0.2, 0.25) is 10.0 Å². The lowest BCUT2D eigenvalue weighted by molar-refractivity contribution is 0.0977. The van der Waals surface area contributed by atoms with Gasteiger partial charge >= 0.3 is 0 Å². The molecule has 0 N–H and O–H groups in total. The highest BCUT2D eigenvalue weighted by molar-refractivity contribution is 6.36. The van der Waals surface area contributed by atoms with Gasteiger partial charge in [-0.3, -0.25) is 9.78 Å². The second-order valence-electron chi connectivity index (χ2n) is 2.66. The maximum atomic E-state index is 11.4. The standard InChI is InChI=1S/C9H9Cl2NO/c1-2-3-8(13)9-7(11)4-6(10)5-12-9/h4-5H,2-3H2,1H3. The number of pyridine rings is 1. The molecule has 1 rings (SSSR count). The van der Waals surface area contributed by atoms with Gasteiger partial charge in [-0.15, -0.1) is 0 Å². The highest BCUT2D eigenvalue weighted by atomic mass is 35.5. The van der Waals surface area contributed by atoms with Crippen LogP contribution in [0, 0.1) is 0 Å². The van der Waals surface area contributed by atoms with E-state index in [0.29, 0.717) is 22.2 Å². The Morgan fingerprint density at radius 1 is 1.54 bits per heavy atom. The molecule has 0 aliphatic heterocycles. The van der Waals surface area contributed by atoms with Crippen LogP contribution in [0.25, 0.3) is 0 Å². The summed E-state index contributed by atoms with van der Waals surface area (Å²) in [6.45, 7) is 1.93. The number of rotatable bonds is 3. The Morgan fingerprint density at radius 2 is 2.23 bits per heavy atom. The Labute approximate surface area is 86.9 Å². The van der Waals surface area contributed by atoms with Crippen molar-refractivity contribution in [1.29, 1.82) is 0 Å². The fourth-order valence-corrected chi connectivity index (χ4v) is 1.45. The van der Waals surface area contributed by atoms with E-state index in [9.17, 15) is 4.79 Å². The van der Waals surface area contributed by atoms with Crippen molar-refractivity contribution < 1.29 is 4.79 Å². The summed E-state index contributed by atoms with van der Waals surface area (Å²) in [4.78, 5) is 15.3. The van der Waals surface area contributed by atoms with E-state index in [2.05, 4.69) is 4.98 Å². The first kappa shape index (κ1) is 10.5. The predicted molar refractivity (Wildman–Crippen MR) is 53.5 cm³/mol. The Kier molecular flexibility index (Phi) is 3.70. The number of halogens is 2. The van der Waals surface area contributed by atoms with Crippen LogP contribution in [-0.4, -0.2) is 10.8 Å². The predicted octanol–water partition coefficient (Wildman–Crippen LogP) is 3.37. The highest BCUT2D eigenvalue weighted by Gasteiger charge is 2.10. The largest absolute Gasteiger partial charge is 0.292 e. The van der Waals surface area contributed by atoms with Gasteiger partial charge in [0.05, 0.1) is 10.0 Å². The van der Waals surface area contributed by atoms with Gasteiger partial charge in [0, 0.05) is 12.6 Å². The van der Waals surface area contributed by atoms with Crippen LogP contribution in [0.15, 0.2) is 12.3 Å². The molecule has 0 fully saturated rings. The van der Waals surface area contributed by atoms with E-state index in [1.165, 1.54) is 12.3 Å². The van der Waals surface area contributed by atoms with Crippen molar-refractivity contribution in [2.24, 2.45) is 0 Å². The van der Waals surface area contributed by atoms with Crippen LogP contribution < -0.4 is 0 Å². The van der Waals surface area contributed by atoms with Crippen molar-refractivity contribution in [3.63, 3.8) is 0 Å². The maximum Gasteiger partial charge on any atom is 0.182 e. The smallest absolute Gasteiger partial charge is 0.182 e. The zero-order valence-electron chi connectivity index (χ0n) is 7.18. The van der Waals surface area contributed by atoms with Gasteiger partial charge in [0.1, 0.15) is 5.69 Å². The lowest BCUT2D eigenvalue weighted by Gasteiger charge is -2.00. The minimum Gasteiger partial charge on any atom is -0.292 e. The number of aromatic nitrogens is 1. The van der Waals surface area contributed by atoms with E-state index in [-0.39, 0.29) is 5.78 Å². The number of carbonyl (C=O) groups excluding carboxylic acids is 1. The first-order chi connectivity index (χ1) is 6.15. The number of nitrogens with zero attached hydrogens (tertiary/aromatic N) is 1. The van der Waals surface area contributed by atoms with E-state index >= 15 is 0 Å². The molecule has 0 radical (unpaired) electrons. The van der Waals surface area contributed by atoms with Gasteiger partial charge in [0.15, 0.2) is 5.78 Å². The fraction of sp³-hybridized carbons (Fsp3) is 0.333. The molecule has 1 heterocycles. The summed E-state index contributed by atoms with van der Waals surface area (Å²) in [5, 5.41) is 0.768. The summed E-state index contributed by atoms with van der Waals surface area (Å²) >= 11 is 11.4. The maximum absolute atomic E-state index is 11.4. The first-order valence-corrected chi connectivity index (χ1v) is 4.75. The fourth-order valence-electron chi connectivity index (χ4n) is 0.965. The Bertz CT molecular complexity index is 325. The monoisotopic (exact) mass is 217 g/mol. The van der Waals surface area contributed by atoms with E-state index in [0.717, 1.165) is 6.42 Å². The first-order valence-electron chi connectivity index (χ1n) is 3.99. The summed E-state index contributed by atoms with van der Waals surface area (Å²) in [5.74, 6) is -0.0378. The zero-order valence-corrected chi connectivity index (χ0v) is 8.69. The lowest BCUT2D eigenvalue weighted by atomic mass is 10.1. The summed E-state index contributed by atoms with van der Waals surface area (Å²) in [6, 6.07) is 1.53. The second-order valence-corrected chi connectivity index (χ2v) is 3.50. The molecule has 0 bridgehead atoms. The third kappa shape index (κ3) is 2.68. The van der Waals surface area contributed by atoms with Crippen molar-refractivity contribution in [3.05, 3.63) is 28.0 Å². The van der Waals surface area contributed by atoms with Gasteiger partial charge < -0.3 is 0 Å². The SMILES string of the molecule is CCCC(=O)c1ncc(Cl)cc1Cl. The molecule has 1 aromatic heterocycles. The van der Waals surface area contributed by atoms with Gasteiger partial charge in [0.25, 0.3) is 0 Å². The van der Waals surface area contributed by atoms with Crippen molar-refractivity contribution in [1.82, 2.24) is 4.98 Å². The van der Waals surface area contributed by atoms with Crippen LogP contribution in [0.4, 0.5) is 0 Å². The lowest BCUT2D eigenvalue weighted by Crippen LogP contribution is -2.02. The van der Waals surface area contributed by atoms with E-state index < -0.39 is 0 Å². The normalized spacial score (nSPS) is 10.1. The van der Waals surface area contributed by atoms with Gasteiger partial charge in [0.2, 0.25) is 0 Å². The molecule has 13 heavy (non-hydrogen) atoms. The third-order valence-electron chi connectivity index (χ3n) is 1.55. The number of Topliss-reactive ketones (excluding diaryl/α,β-unsaturated/α-hetero) is 1. The molecule has 0 aromatic carbocycles. The van der Waals surface area contributed by atoms with Crippen molar-refractivity contribution in [2.75, 3.05) is 0 Å². The number of ketones is 1. The molecule has 0 aliphatic rings. The van der Waals surface area contributed by atoms with Gasteiger partial charge in [-0.05, 0) is 12.5 Å². The number of hydrogen-bond donors (Lipinski definition) is 0. The molecule has 0 amide bonds. The van der Waals surface area contributed by atoms with E-state index in [1.54, 1.807) is 0 Å². The van der Waals surface area contributed by atoms with Crippen molar-refractivity contribution in [3.8, 4) is 0 Å². The zero-order chi connectivity index (χ0) is 9.84. The van der Waals surface area contributed by atoms with Crippen LogP contribution in [0.3, 0.4) is 0 Å². The minimum absolute atomic E-state index is 0.0378. The van der Waals surface area contributed by atoms with E-state index in [1.807, 2.05) is 6.92 Å². The summed E-state index contributed by atoms with van der Waals surface area (Å²) < 4.78 is 0. The molecule has 70 valence electrons. The van der Waals surface area contributed by atoms with Crippen molar-refractivity contribution >= 4 is 29.0 Å². The average Bonchev–Trinajstić information content (AvgIpc) is 2.04. The molecular formula is C9H9Cl2NO. The molecule has 4 heteroatoms. The molecule has 1 aromatic rings. The van der Waals surface area contributed by atoms with E-state index in [4.69, 9.17) is 23.2 Å². The van der Waals surface area contributed by atoms with Gasteiger partial charge in [-0.1, -0.05) is 30.1 Å².